The number of nitriles is 1. The van der Waals surface area contributed by atoms with Crippen molar-refractivity contribution >= 4 is 23.4 Å². The van der Waals surface area contributed by atoms with Crippen LogP contribution < -0.4 is 4.74 Å². The molecule has 29 heavy (non-hydrogen) atoms. The summed E-state index contributed by atoms with van der Waals surface area (Å²) in [5.41, 5.74) is 2.68. The topological polar surface area (TPSA) is 87.6 Å². The van der Waals surface area contributed by atoms with Crippen molar-refractivity contribution in [2.75, 3.05) is 7.11 Å². The van der Waals surface area contributed by atoms with Gasteiger partial charge in [-0.1, -0.05) is 42.5 Å². The second kappa shape index (κ2) is 8.92. The van der Waals surface area contributed by atoms with Crippen LogP contribution in [-0.4, -0.2) is 23.2 Å². The second-order valence-corrected chi connectivity index (χ2v) is 6.87. The van der Waals surface area contributed by atoms with E-state index in [1.165, 1.54) is 24.9 Å². The lowest BCUT2D eigenvalue weighted by Crippen LogP contribution is -1.99. The highest BCUT2D eigenvalue weighted by Gasteiger charge is 2.22. The Morgan fingerprint density at radius 1 is 1.28 bits per heavy atom. The lowest BCUT2D eigenvalue weighted by atomic mass is 10.0. The fourth-order valence-electron chi connectivity index (χ4n) is 2.82. The van der Waals surface area contributed by atoms with Gasteiger partial charge >= 0.3 is 5.97 Å². The molecule has 0 aliphatic rings. The van der Waals surface area contributed by atoms with Gasteiger partial charge < -0.3 is 9.84 Å². The Balaban J connectivity index is 2.08. The molecule has 0 fully saturated rings. The quantitative estimate of drug-likeness (QED) is 0.453. The minimum absolute atomic E-state index is 0.152. The van der Waals surface area contributed by atoms with Crippen LogP contribution in [0, 0.1) is 17.9 Å². The number of pyridine rings is 1. The molecule has 1 heterocycles. The first-order valence-electron chi connectivity index (χ1n) is 8.49. The number of hydrogen-bond acceptors (Lipinski definition) is 5. The van der Waals surface area contributed by atoms with E-state index in [9.17, 15) is 10.1 Å². The molecule has 0 radical (unpaired) electrons. The molecular weight excluding hydrogens is 386 g/mol. The molecular formula is C22H15N3O3S. The van der Waals surface area contributed by atoms with Crippen LogP contribution in [-0.2, 0) is 5.75 Å². The summed E-state index contributed by atoms with van der Waals surface area (Å²) in [6.07, 6.45) is 0. The number of hydrogen-bond donors (Lipinski definition) is 1. The fraction of sp³-hybridized carbons (Fsp3) is 0.0909. The van der Waals surface area contributed by atoms with Crippen LogP contribution in [0.1, 0.15) is 21.5 Å². The Bertz CT molecular complexity index is 1150. The van der Waals surface area contributed by atoms with E-state index >= 15 is 0 Å². The van der Waals surface area contributed by atoms with Gasteiger partial charge in [-0.15, -0.1) is 11.8 Å². The molecule has 1 N–H and O–H groups in total. The molecule has 0 bridgehead atoms. The number of rotatable bonds is 6. The minimum atomic E-state index is -0.998. The number of carboxylic acid groups (broad SMARTS) is 1. The van der Waals surface area contributed by atoms with Crippen LogP contribution >= 0.6 is 11.8 Å². The molecule has 0 spiro atoms. The molecule has 1 aromatic heterocycles. The van der Waals surface area contributed by atoms with Crippen molar-refractivity contribution in [1.29, 1.82) is 5.26 Å². The zero-order valence-corrected chi connectivity index (χ0v) is 16.2. The molecule has 0 aliphatic heterocycles. The Morgan fingerprint density at radius 3 is 2.66 bits per heavy atom. The summed E-state index contributed by atoms with van der Waals surface area (Å²) in [4.78, 5) is 19.1. The molecule has 7 heteroatoms. The van der Waals surface area contributed by atoms with Crippen molar-refractivity contribution in [3.63, 3.8) is 0 Å². The van der Waals surface area contributed by atoms with Gasteiger partial charge in [-0.25, -0.2) is 14.6 Å². The SMILES string of the molecule is [C-]#[N+]c1c(OC)nc(SCc2cccc(C(=O)O)c2)c(C#N)c1-c1ccccc1. The first kappa shape index (κ1) is 19.9. The van der Waals surface area contributed by atoms with E-state index in [1.807, 2.05) is 36.4 Å². The molecule has 2 aromatic carbocycles. The number of aromatic nitrogens is 1. The summed E-state index contributed by atoms with van der Waals surface area (Å²) in [5, 5.41) is 19.4. The van der Waals surface area contributed by atoms with E-state index in [4.69, 9.17) is 16.4 Å². The van der Waals surface area contributed by atoms with Crippen molar-refractivity contribution < 1.29 is 14.6 Å². The maximum absolute atomic E-state index is 11.2. The predicted molar refractivity (Wildman–Crippen MR) is 110 cm³/mol. The first-order chi connectivity index (χ1) is 14.1. The summed E-state index contributed by atoms with van der Waals surface area (Å²) >= 11 is 1.29. The van der Waals surface area contributed by atoms with Gasteiger partial charge in [-0.05, 0) is 23.3 Å². The average Bonchev–Trinajstić information content (AvgIpc) is 2.77. The summed E-state index contributed by atoms with van der Waals surface area (Å²) in [6, 6.07) is 18.0. The Morgan fingerprint density at radius 2 is 2.03 bits per heavy atom. The van der Waals surface area contributed by atoms with E-state index in [0.717, 1.165) is 11.1 Å². The van der Waals surface area contributed by atoms with E-state index in [0.29, 0.717) is 21.9 Å². The zero-order chi connectivity index (χ0) is 20.8. The number of methoxy groups -OCH3 is 1. The predicted octanol–water partition coefficient (Wildman–Crippen LogP) is 5.17. The fourth-order valence-corrected chi connectivity index (χ4v) is 3.74. The van der Waals surface area contributed by atoms with E-state index in [1.54, 1.807) is 12.1 Å². The van der Waals surface area contributed by atoms with Crippen molar-refractivity contribution in [2.24, 2.45) is 0 Å². The van der Waals surface area contributed by atoms with Gasteiger partial charge in [0.05, 0.1) is 24.8 Å². The lowest BCUT2D eigenvalue weighted by molar-refractivity contribution is 0.0696. The molecule has 142 valence electrons. The van der Waals surface area contributed by atoms with Gasteiger partial charge in [0.25, 0.3) is 5.69 Å². The third-order valence-electron chi connectivity index (χ3n) is 4.14. The summed E-state index contributed by atoms with van der Waals surface area (Å²) < 4.78 is 5.32. The molecule has 0 unspecified atom stereocenters. The largest absolute Gasteiger partial charge is 0.490 e. The molecule has 0 saturated heterocycles. The Labute approximate surface area is 172 Å². The lowest BCUT2D eigenvalue weighted by Gasteiger charge is -2.14. The smallest absolute Gasteiger partial charge is 0.335 e. The Hall–Kier alpha value is -3.81. The highest BCUT2D eigenvalue weighted by atomic mass is 32.2. The normalized spacial score (nSPS) is 10.0. The second-order valence-electron chi connectivity index (χ2n) is 5.91. The van der Waals surface area contributed by atoms with Crippen LogP contribution in [0.15, 0.2) is 59.6 Å². The third kappa shape index (κ3) is 4.21. The molecule has 0 aliphatic carbocycles. The first-order valence-corrected chi connectivity index (χ1v) is 9.47. The number of benzene rings is 2. The maximum atomic E-state index is 11.2. The monoisotopic (exact) mass is 401 g/mol. The standard InChI is InChI=1S/C22H15N3O3S/c1-24-19-18(15-8-4-3-5-9-15)17(12-23)21(25-20(19)28-2)29-13-14-7-6-10-16(11-14)22(26)27/h3-11H,13H2,2H3,(H,26,27). The van der Waals surface area contributed by atoms with Gasteiger partial charge in [0.2, 0.25) is 5.88 Å². The molecule has 0 atom stereocenters. The minimum Gasteiger partial charge on any atom is -0.490 e. The Kier molecular flexibility index (Phi) is 6.13. The number of carboxylic acids is 1. The van der Waals surface area contributed by atoms with Gasteiger partial charge in [0.15, 0.2) is 0 Å². The van der Waals surface area contributed by atoms with Crippen molar-refractivity contribution in [3.05, 3.63) is 82.7 Å². The van der Waals surface area contributed by atoms with Crippen molar-refractivity contribution in [3.8, 4) is 23.1 Å². The number of aromatic carboxylic acids is 1. The summed E-state index contributed by atoms with van der Waals surface area (Å²) in [5.74, 6) is -0.431. The van der Waals surface area contributed by atoms with Crippen LogP contribution in [0.5, 0.6) is 5.88 Å². The van der Waals surface area contributed by atoms with Gasteiger partial charge in [0.1, 0.15) is 11.1 Å². The van der Waals surface area contributed by atoms with E-state index in [2.05, 4.69) is 15.9 Å². The average molecular weight is 401 g/mol. The van der Waals surface area contributed by atoms with E-state index < -0.39 is 5.97 Å². The highest BCUT2D eigenvalue weighted by molar-refractivity contribution is 7.98. The van der Waals surface area contributed by atoms with Crippen LogP contribution in [0.25, 0.3) is 16.0 Å². The molecule has 6 nitrogen and oxygen atoms in total. The zero-order valence-electron chi connectivity index (χ0n) is 15.4. The summed E-state index contributed by atoms with van der Waals surface area (Å²) in [7, 11) is 1.43. The van der Waals surface area contributed by atoms with E-state index in [-0.39, 0.29) is 17.1 Å². The van der Waals surface area contributed by atoms with Crippen LogP contribution in [0.2, 0.25) is 0 Å². The maximum Gasteiger partial charge on any atom is 0.335 e. The molecule has 3 rings (SSSR count). The number of ether oxygens (including phenoxy) is 1. The number of thioether (sulfide) groups is 1. The van der Waals surface area contributed by atoms with Gasteiger partial charge in [0, 0.05) is 11.3 Å². The molecule has 3 aromatic rings. The number of carbonyl (C=O) groups is 1. The van der Waals surface area contributed by atoms with Crippen LogP contribution in [0.4, 0.5) is 5.69 Å². The summed E-state index contributed by atoms with van der Waals surface area (Å²) in [6.45, 7) is 7.55. The number of nitrogens with zero attached hydrogens (tertiary/aromatic N) is 3. The third-order valence-corrected chi connectivity index (χ3v) is 5.18. The molecule has 0 saturated carbocycles. The molecule has 0 amide bonds. The van der Waals surface area contributed by atoms with Gasteiger partial charge in [-0.3, -0.25) is 0 Å². The van der Waals surface area contributed by atoms with Crippen molar-refractivity contribution in [2.45, 2.75) is 10.8 Å². The van der Waals surface area contributed by atoms with Crippen LogP contribution in [0.3, 0.4) is 0 Å². The van der Waals surface area contributed by atoms with Crippen molar-refractivity contribution in [1.82, 2.24) is 4.98 Å². The highest BCUT2D eigenvalue weighted by Crippen LogP contribution is 2.43. The van der Waals surface area contributed by atoms with Gasteiger partial charge in [-0.2, -0.15) is 5.26 Å².